The fourth-order valence-corrected chi connectivity index (χ4v) is 2.96. The predicted molar refractivity (Wildman–Crippen MR) is 89.1 cm³/mol. The lowest BCUT2D eigenvalue weighted by Crippen LogP contribution is -2.45. The van der Waals surface area contributed by atoms with Gasteiger partial charge in [-0.15, -0.1) is 0 Å². The minimum atomic E-state index is -0.639. The molecule has 25 heavy (non-hydrogen) atoms. The molecule has 134 valence electrons. The Balaban J connectivity index is 1.80. The van der Waals surface area contributed by atoms with Crippen molar-refractivity contribution in [2.24, 2.45) is 5.73 Å². The average Bonchev–Trinajstić information content (AvgIpc) is 3.07. The van der Waals surface area contributed by atoms with Crippen LogP contribution in [0.1, 0.15) is 49.1 Å². The zero-order valence-electron chi connectivity index (χ0n) is 14.3. The molecule has 1 saturated heterocycles. The van der Waals surface area contributed by atoms with E-state index in [9.17, 15) is 9.18 Å². The first-order valence-corrected chi connectivity index (χ1v) is 8.28. The molecule has 0 spiro atoms. The monoisotopic (exact) mass is 347 g/mol. The quantitative estimate of drug-likeness (QED) is 0.857. The molecule has 2 atom stereocenters. The maximum atomic E-state index is 13.2. The van der Waals surface area contributed by atoms with Gasteiger partial charge in [0.15, 0.2) is 11.6 Å². The normalized spacial score (nSPS) is 19.9. The van der Waals surface area contributed by atoms with Crippen LogP contribution in [0.4, 0.5) is 4.39 Å². The van der Waals surface area contributed by atoms with Crippen LogP contribution in [0.2, 0.25) is 0 Å². The molecule has 1 fully saturated rings. The minimum absolute atomic E-state index is 0.210. The number of benzene rings is 1. The van der Waals surface area contributed by atoms with Gasteiger partial charge >= 0.3 is 0 Å². The van der Waals surface area contributed by atoms with Crippen LogP contribution in [0.5, 0.6) is 0 Å². The summed E-state index contributed by atoms with van der Waals surface area (Å²) in [6.45, 7) is 5.45. The first kappa shape index (κ1) is 17.5. The van der Waals surface area contributed by atoms with E-state index in [0.717, 1.165) is 5.82 Å². The number of ether oxygens (including phenoxy) is 1. The van der Waals surface area contributed by atoms with Gasteiger partial charge in [-0.25, -0.2) is 9.37 Å². The second-order valence-corrected chi connectivity index (χ2v) is 6.44. The molecule has 0 radical (unpaired) electrons. The number of aromatic amines is 1. The molecule has 2 heterocycles. The number of H-pyrrole nitrogens is 1. The lowest BCUT2D eigenvalue weighted by molar-refractivity contribution is -0.127. The van der Waals surface area contributed by atoms with Crippen molar-refractivity contribution in [1.82, 2.24) is 20.1 Å². The molecule has 1 amide bonds. The van der Waals surface area contributed by atoms with Crippen molar-refractivity contribution < 1.29 is 13.9 Å². The summed E-state index contributed by atoms with van der Waals surface area (Å²) in [5.41, 5.74) is 6.28. The summed E-state index contributed by atoms with van der Waals surface area (Å²) < 4.78 is 19.0. The maximum Gasteiger partial charge on any atom is 0.239 e. The van der Waals surface area contributed by atoms with Crippen molar-refractivity contribution in [2.75, 3.05) is 19.7 Å². The van der Waals surface area contributed by atoms with Gasteiger partial charge in [-0.2, -0.15) is 5.10 Å². The van der Waals surface area contributed by atoms with E-state index in [4.69, 9.17) is 10.5 Å². The van der Waals surface area contributed by atoms with Crippen LogP contribution in [-0.2, 0) is 9.53 Å². The topological polar surface area (TPSA) is 97.1 Å². The Bertz CT molecular complexity index is 731. The number of hydrogen-bond acceptors (Lipinski definition) is 5. The summed E-state index contributed by atoms with van der Waals surface area (Å²) in [6, 6.07) is 5.18. The molecule has 0 saturated carbocycles. The van der Waals surface area contributed by atoms with Gasteiger partial charge in [-0.3, -0.25) is 14.8 Å². The summed E-state index contributed by atoms with van der Waals surface area (Å²) >= 11 is 0. The minimum Gasteiger partial charge on any atom is -0.368 e. The zero-order chi connectivity index (χ0) is 18.0. The molecular formula is C17H22FN5O2. The van der Waals surface area contributed by atoms with Gasteiger partial charge in [0.1, 0.15) is 18.0 Å². The molecule has 1 aromatic heterocycles. The molecule has 8 heteroatoms. The third-order valence-electron chi connectivity index (χ3n) is 4.26. The molecule has 1 aromatic carbocycles. The highest BCUT2D eigenvalue weighted by molar-refractivity contribution is 5.81. The smallest absolute Gasteiger partial charge is 0.239 e. The van der Waals surface area contributed by atoms with Crippen LogP contribution in [0.3, 0.4) is 0 Å². The number of rotatable bonds is 5. The van der Waals surface area contributed by atoms with Crippen molar-refractivity contribution in [3.63, 3.8) is 0 Å². The zero-order valence-corrected chi connectivity index (χ0v) is 14.3. The van der Waals surface area contributed by atoms with E-state index in [0.29, 0.717) is 31.1 Å². The summed E-state index contributed by atoms with van der Waals surface area (Å²) in [5, 5.41) is 7.11. The van der Waals surface area contributed by atoms with E-state index < -0.39 is 11.9 Å². The van der Waals surface area contributed by atoms with Gasteiger partial charge in [0, 0.05) is 19.0 Å². The van der Waals surface area contributed by atoms with Crippen molar-refractivity contribution >= 4 is 5.91 Å². The predicted octanol–water partition coefficient (Wildman–Crippen LogP) is 1.67. The first-order chi connectivity index (χ1) is 12.0. The third kappa shape index (κ3) is 3.85. The fraction of sp³-hybridized carbons (Fsp3) is 0.471. The van der Waals surface area contributed by atoms with Crippen LogP contribution in [-0.4, -0.2) is 45.7 Å². The molecule has 1 aliphatic rings. The second-order valence-electron chi connectivity index (χ2n) is 6.44. The number of carbonyl (C=O) groups is 1. The van der Waals surface area contributed by atoms with Crippen molar-refractivity contribution in [3.05, 3.63) is 47.3 Å². The van der Waals surface area contributed by atoms with Crippen LogP contribution in [0, 0.1) is 5.82 Å². The molecular weight excluding hydrogens is 325 g/mol. The number of nitrogens with one attached hydrogen (secondary N) is 1. The van der Waals surface area contributed by atoms with E-state index >= 15 is 0 Å². The van der Waals surface area contributed by atoms with Gasteiger partial charge in [-0.05, 0) is 17.7 Å². The first-order valence-electron chi connectivity index (χ1n) is 8.28. The van der Waals surface area contributed by atoms with E-state index in [1.807, 2.05) is 18.7 Å². The number of primary amides is 1. The summed E-state index contributed by atoms with van der Waals surface area (Å²) in [7, 11) is 0. The van der Waals surface area contributed by atoms with E-state index in [2.05, 4.69) is 15.2 Å². The average molecular weight is 347 g/mol. The van der Waals surface area contributed by atoms with Gasteiger partial charge in [0.05, 0.1) is 6.61 Å². The maximum absolute atomic E-state index is 13.2. The molecule has 1 aliphatic heterocycles. The van der Waals surface area contributed by atoms with Gasteiger partial charge in [-0.1, -0.05) is 26.0 Å². The molecule has 7 nitrogen and oxygen atoms in total. The molecule has 0 bridgehead atoms. The van der Waals surface area contributed by atoms with E-state index in [1.165, 1.54) is 12.1 Å². The Morgan fingerprint density at radius 1 is 1.40 bits per heavy atom. The van der Waals surface area contributed by atoms with E-state index in [1.54, 1.807) is 12.1 Å². The summed E-state index contributed by atoms with van der Waals surface area (Å²) in [6.07, 6.45) is -0.323. The highest BCUT2D eigenvalue weighted by Gasteiger charge is 2.33. The number of aromatic nitrogens is 3. The highest BCUT2D eigenvalue weighted by atomic mass is 19.1. The van der Waals surface area contributed by atoms with Crippen molar-refractivity contribution in [2.45, 2.75) is 31.9 Å². The molecule has 2 aromatic rings. The van der Waals surface area contributed by atoms with Crippen LogP contribution < -0.4 is 5.73 Å². The van der Waals surface area contributed by atoms with Gasteiger partial charge in [0.2, 0.25) is 5.91 Å². The number of nitrogens with zero attached hydrogens (tertiary/aromatic N) is 3. The lowest BCUT2D eigenvalue weighted by atomic mass is 10.0. The number of halogens is 1. The molecule has 3 rings (SSSR count). The highest BCUT2D eigenvalue weighted by Crippen LogP contribution is 2.28. The molecule has 0 unspecified atom stereocenters. The number of hydrogen-bond donors (Lipinski definition) is 2. The van der Waals surface area contributed by atoms with Crippen molar-refractivity contribution in [1.29, 1.82) is 0 Å². The lowest BCUT2D eigenvalue weighted by Gasteiger charge is -2.36. The summed E-state index contributed by atoms with van der Waals surface area (Å²) in [5.74, 6) is 0.737. The number of nitrogens with two attached hydrogens (primary N) is 1. The van der Waals surface area contributed by atoms with Gasteiger partial charge in [0.25, 0.3) is 0 Å². The number of carbonyl (C=O) groups excluding carboxylic acids is 1. The fourth-order valence-electron chi connectivity index (χ4n) is 2.96. The molecule has 0 aliphatic carbocycles. The standard InChI is InChI=1S/C17H22FN5O2/c1-10(2)16-20-17(22-21-16)13-9-23(7-8-25-13)14(15(19)24)11-3-5-12(18)6-4-11/h3-6,10,13-14H,7-9H2,1-2H3,(H2,19,24)(H,20,21,22)/t13-,14-/m0/s1. The SMILES string of the molecule is CC(C)c1n[nH]c([C@@H]2CN([C@H](C(N)=O)c3ccc(F)cc3)CCO2)n1. The Labute approximate surface area is 145 Å². The van der Waals surface area contributed by atoms with Crippen LogP contribution >= 0.6 is 0 Å². The molecule has 3 N–H and O–H groups in total. The Morgan fingerprint density at radius 3 is 2.72 bits per heavy atom. The summed E-state index contributed by atoms with van der Waals surface area (Å²) in [4.78, 5) is 18.4. The second kappa shape index (κ2) is 7.28. The Morgan fingerprint density at radius 2 is 2.12 bits per heavy atom. The van der Waals surface area contributed by atoms with E-state index in [-0.39, 0.29) is 17.8 Å². The van der Waals surface area contributed by atoms with Crippen LogP contribution in [0.15, 0.2) is 24.3 Å². The number of morpholine rings is 1. The Kier molecular flexibility index (Phi) is 5.10. The number of amides is 1. The third-order valence-corrected chi connectivity index (χ3v) is 4.26. The van der Waals surface area contributed by atoms with Gasteiger partial charge < -0.3 is 10.5 Å². The van der Waals surface area contributed by atoms with Crippen molar-refractivity contribution in [3.8, 4) is 0 Å². The largest absolute Gasteiger partial charge is 0.368 e. The van der Waals surface area contributed by atoms with Crippen LogP contribution in [0.25, 0.3) is 0 Å². The Hall–Kier alpha value is -2.32.